The fourth-order valence-corrected chi connectivity index (χ4v) is 2.91. The molecule has 0 amide bonds. The van der Waals surface area contributed by atoms with E-state index in [1.807, 2.05) is 36.6 Å². The van der Waals surface area contributed by atoms with Crippen molar-refractivity contribution in [3.8, 4) is 11.4 Å². The third-order valence-electron chi connectivity index (χ3n) is 3.44. The lowest BCUT2D eigenvalue weighted by molar-refractivity contribution is 0.371. The predicted molar refractivity (Wildman–Crippen MR) is 91.9 cm³/mol. The predicted octanol–water partition coefficient (Wildman–Crippen LogP) is 2.39. The van der Waals surface area contributed by atoms with Crippen LogP contribution in [-0.2, 0) is 19.5 Å². The molecular weight excluding hydrogens is 336 g/mol. The zero-order valence-corrected chi connectivity index (χ0v) is 14.2. The molecule has 2 N–H and O–H groups in total. The largest absolute Gasteiger partial charge is 0.339 e. The zero-order valence-electron chi connectivity index (χ0n) is 12.6. The van der Waals surface area contributed by atoms with Crippen molar-refractivity contribution in [1.29, 1.82) is 0 Å². The van der Waals surface area contributed by atoms with Crippen molar-refractivity contribution in [2.45, 2.75) is 26.4 Å². The standard InChI is InChI=1S/C15H16N4O2S.ClH/c1-10-9-22-15(20)19(10)7-6-13-17-14(18-21-13)12-4-2-11(8-16)3-5-12;/h2-5,9H,6-8,16H2,1H3;1H. The Morgan fingerprint density at radius 3 is 2.65 bits per heavy atom. The highest BCUT2D eigenvalue weighted by atomic mass is 35.5. The van der Waals surface area contributed by atoms with Gasteiger partial charge in [0.25, 0.3) is 0 Å². The molecule has 122 valence electrons. The molecule has 0 aliphatic heterocycles. The van der Waals surface area contributed by atoms with E-state index < -0.39 is 0 Å². The summed E-state index contributed by atoms with van der Waals surface area (Å²) < 4.78 is 6.97. The number of hydrogen-bond donors (Lipinski definition) is 1. The number of aromatic nitrogens is 3. The van der Waals surface area contributed by atoms with Crippen LogP contribution in [0, 0.1) is 6.92 Å². The van der Waals surface area contributed by atoms with Gasteiger partial charge in [-0.25, -0.2) is 0 Å². The van der Waals surface area contributed by atoms with Gasteiger partial charge in [0.2, 0.25) is 11.7 Å². The second-order valence-electron chi connectivity index (χ2n) is 4.96. The molecule has 0 bridgehead atoms. The van der Waals surface area contributed by atoms with Gasteiger partial charge in [0.05, 0.1) is 0 Å². The van der Waals surface area contributed by atoms with Crippen LogP contribution in [0.1, 0.15) is 17.1 Å². The molecule has 1 aromatic carbocycles. The van der Waals surface area contributed by atoms with Crippen molar-refractivity contribution < 1.29 is 4.52 Å². The van der Waals surface area contributed by atoms with Gasteiger partial charge in [0.15, 0.2) is 0 Å². The van der Waals surface area contributed by atoms with Crippen LogP contribution in [0.15, 0.2) is 39.0 Å². The van der Waals surface area contributed by atoms with E-state index in [-0.39, 0.29) is 17.3 Å². The first kappa shape index (κ1) is 17.4. The van der Waals surface area contributed by atoms with E-state index >= 15 is 0 Å². The van der Waals surface area contributed by atoms with E-state index in [1.54, 1.807) is 4.57 Å². The highest BCUT2D eigenvalue weighted by molar-refractivity contribution is 7.07. The topological polar surface area (TPSA) is 86.9 Å². The average Bonchev–Trinajstić information content (AvgIpc) is 3.13. The van der Waals surface area contributed by atoms with Gasteiger partial charge in [-0.1, -0.05) is 40.8 Å². The van der Waals surface area contributed by atoms with Gasteiger partial charge in [-0.2, -0.15) is 4.98 Å². The molecule has 0 unspecified atom stereocenters. The van der Waals surface area contributed by atoms with E-state index in [9.17, 15) is 4.79 Å². The molecule has 2 aromatic heterocycles. The van der Waals surface area contributed by atoms with Crippen LogP contribution < -0.4 is 10.6 Å². The summed E-state index contributed by atoms with van der Waals surface area (Å²) in [7, 11) is 0. The van der Waals surface area contributed by atoms with Crippen molar-refractivity contribution in [3.05, 3.63) is 56.5 Å². The molecule has 3 rings (SSSR count). The van der Waals surface area contributed by atoms with E-state index in [0.717, 1.165) is 16.8 Å². The molecule has 0 fully saturated rings. The Hall–Kier alpha value is -1.96. The molecule has 0 radical (unpaired) electrons. The number of hydrogen-bond acceptors (Lipinski definition) is 6. The minimum Gasteiger partial charge on any atom is -0.339 e. The van der Waals surface area contributed by atoms with Crippen LogP contribution in [0.25, 0.3) is 11.4 Å². The van der Waals surface area contributed by atoms with Crippen molar-refractivity contribution >= 4 is 23.7 Å². The second-order valence-corrected chi connectivity index (χ2v) is 5.78. The molecule has 8 heteroatoms. The summed E-state index contributed by atoms with van der Waals surface area (Å²) in [6.07, 6.45) is 0.533. The molecule has 0 saturated heterocycles. The van der Waals surface area contributed by atoms with Crippen LogP contribution in [0.5, 0.6) is 0 Å². The molecular formula is C15H17ClN4O2S. The van der Waals surface area contributed by atoms with Gasteiger partial charge in [0.1, 0.15) is 0 Å². The van der Waals surface area contributed by atoms with Crippen LogP contribution in [0.4, 0.5) is 0 Å². The molecule has 2 heterocycles. The Labute approximate surface area is 143 Å². The minimum absolute atomic E-state index is 0. The Kier molecular flexibility index (Phi) is 5.70. The fraction of sp³-hybridized carbons (Fsp3) is 0.267. The molecule has 0 saturated carbocycles. The maximum absolute atomic E-state index is 11.7. The first-order chi connectivity index (χ1) is 10.7. The third-order valence-corrected chi connectivity index (χ3v) is 4.32. The number of halogens is 1. The zero-order chi connectivity index (χ0) is 15.5. The number of thiazole rings is 1. The number of nitrogens with zero attached hydrogens (tertiary/aromatic N) is 3. The van der Waals surface area contributed by atoms with Crippen molar-refractivity contribution in [1.82, 2.24) is 14.7 Å². The van der Waals surface area contributed by atoms with Crippen LogP contribution in [-0.4, -0.2) is 14.7 Å². The molecule has 3 aromatic rings. The smallest absolute Gasteiger partial charge is 0.307 e. The van der Waals surface area contributed by atoms with E-state index in [2.05, 4.69) is 10.1 Å². The number of aryl methyl sites for hydroxylation is 2. The summed E-state index contributed by atoms with van der Waals surface area (Å²) >= 11 is 1.20. The molecule has 0 atom stereocenters. The Morgan fingerprint density at radius 1 is 1.30 bits per heavy atom. The fourth-order valence-electron chi connectivity index (χ4n) is 2.15. The van der Waals surface area contributed by atoms with Crippen molar-refractivity contribution in [2.24, 2.45) is 5.73 Å². The third kappa shape index (κ3) is 3.87. The van der Waals surface area contributed by atoms with Crippen molar-refractivity contribution in [2.75, 3.05) is 0 Å². The number of benzene rings is 1. The first-order valence-corrected chi connectivity index (χ1v) is 7.82. The lowest BCUT2D eigenvalue weighted by atomic mass is 10.1. The highest BCUT2D eigenvalue weighted by Gasteiger charge is 2.10. The van der Waals surface area contributed by atoms with E-state index in [0.29, 0.717) is 31.2 Å². The number of rotatable bonds is 5. The van der Waals surface area contributed by atoms with Crippen LogP contribution >= 0.6 is 23.7 Å². The second kappa shape index (κ2) is 7.54. The Balaban J connectivity index is 0.00000192. The van der Waals surface area contributed by atoms with Gasteiger partial charge in [-0.3, -0.25) is 4.79 Å². The van der Waals surface area contributed by atoms with Gasteiger partial charge in [-0.15, -0.1) is 12.4 Å². The summed E-state index contributed by atoms with van der Waals surface area (Å²) in [6.45, 7) is 2.96. The van der Waals surface area contributed by atoms with Crippen molar-refractivity contribution in [3.63, 3.8) is 0 Å². The summed E-state index contributed by atoms with van der Waals surface area (Å²) in [5.74, 6) is 1.07. The average molecular weight is 353 g/mol. The van der Waals surface area contributed by atoms with E-state index in [4.69, 9.17) is 10.3 Å². The quantitative estimate of drug-likeness (QED) is 0.761. The van der Waals surface area contributed by atoms with Gasteiger partial charge in [0, 0.05) is 36.1 Å². The lowest BCUT2D eigenvalue weighted by Crippen LogP contribution is -2.16. The van der Waals surface area contributed by atoms with Gasteiger partial charge < -0.3 is 14.8 Å². The summed E-state index contributed by atoms with van der Waals surface area (Å²) in [6, 6.07) is 7.73. The Morgan fingerprint density at radius 2 is 2.04 bits per heavy atom. The lowest BCUT2D eigenvalue weighted by Gasteiger charge is -2.00. The molecule has 0 spiro atoms. The highest BCUT2D eigenvalue weighted by Crippen LogP contribution is 2.17. The summed E-state index contributed by atoms with van der Waals surface area (Å²) in [5, 5.41) is 5.83. The monoisotopic (exact) mass is 352 g/mol. The van der Waals surface area contributed by atoms with Crippen LogP contribution in [0.2, 0.25) is 0 Å². The number of nitrogens with two attached hydrogens (primary N) is 1. The summed E-state index contributed by atoms with van der Waals surface area (Å²) in [5.41, 5.74) is 8.47. The first-order valence-electron chi connectivity index (χ1n) is 6.94. The molecule has 0 aliphatic carbocycles. The normalized spacial score (nSPS) is 10.5. The van der Waals surface area contributed by atoms with Gasteiger partial charge >= 0.3 is 4.87 Å². The Bertz CT molecular complexity index is 823. The minimum atomic E-state index is 0. The van der Waals surface area contributed by atoms with E-state index in [1.165, 1.54) is 11.3 Å². The van der Waals surface area contributed by atoms with Crippen LogP contribution in [0.3, 0.4) is 0 Å². The maximum atomic E-state index is 11.7. The molecule has 23 heavy (non-hydrogen) atoms. The SMILES string of the molecule is Cc1csc(=O)n1CCc1nc(-c2ccc(CN)cc2)no1.Cl. The van der Waals surface area contributed by atoms with Gasteiger partial charge in [-0.05, 0) is 12.5 Å². The molecule has 6 nitrogen and oxygen atoms in total. The molecule has 0 aliphatic rings. The summed E-state index contributed by atoms with van der Waals surface area (Å²) in [4.78, 5) is 16.1. The maximum Gasteiger partial charge on any atom is 0.307 e.